The Labute approximate surface area is 110 Å². The molecule has 4 nitrogen and oxygen atoms in total. The number of nitrogens with zero attached hydrogens (tertiary/aromatic N) is 2. The van der Waals surface area contributed by atoms with Crippen LogP contribution in [0.25, 0.3) is 0 Å². The van der Waals surface area contributed by atoms with Crippen molar-refractivity contribution in [1.29, 1.82) is 0 Å². The van der Waals surface area contributed by atoms with Crippen LogP contribution < -0.4 is 5.32 Å². The van der Waals surface area contributed by atoms with Crippen molar-refractivity contribution >= 4 is 0 Å². The molecule has 0 spiro atoms. The molecular formula is C14H27N3O. The zero-order valence-electron chi connectivity index (χ0n) is 11.8. The van der Waals surface area contributed by atoms with Gasteiger partial charge in [0, 0.05) is 18.8 Å². The van der Waals surface area contributed by atoms with E-state index in [4.69, 9.17) is 5.11 Å². The predicted octanol–water partition coefficient (Wildman–Crippen LogP) is 2.03. The molecule has 0 amide bonds. The first-order valence-electron chi connectivity index (χ1n) is 7.06. The van der Waals surface area contributed by atoms with Crippen LogP contribution in [-0.2, 0) is 6.54 Å². The Morgan fingerprint density at radius 3 is 2.50 bits per heavy atom. The molecule has 0 saturated heterocycles. The number of nitrogens with one attached hydrogen (secondary N) is 1. The van der Waals surface area contributed by atoms with Gasteiger partial charge in [-0.25, -0.2) is 0 Å². The van der Waals surface area contributed by atoms with E-state index in [1.54, 1.807) is 0 Å². The molecule has 18 heavy (non-hydrogen) atoms. The standard InChI is InChI=1S/C14H27N3O/c1-13-12-14(2)17(16-13)10-7-9-15-8-5-3-4-6-11-18/h12,15,18H,3-11H2,1-2H3. The SMILES string of the molecule is Cc1cc(C)n(CCCNCCCCCCO)n1. The number of aliphatic hydroxyl groups is 1. The van der Waals surface area contributed by atoms with Crippen LogP contribution in [0.5, 0.6) is 0 Å². The van der Waals surface area contributed by atoms with Crippen molar-refractivity contribution in [2.75, 3.05) is 19.7 Å². The minimum Gasteiger partial charge on any atom is -0.396 e. The Kier molecular flexibility index (Phi) is 7.69. The molecule has 0 bridgehead atoms. The highest BCUT2D eigenvalue weighted by molar-refractivity contribution is 5.06. The summed E-state index contributed by atoms with van der Waals surface area (Å²) in [5, 5.41) is 16.5. The van der Waals surface area contributed by atoms with Crippen molar-refractivity contribution in [2.45, 2.75) is 52.5 Å². The summed E-state index contributed by atoms with van der Waals surface area (Å²) in [5.74, 6) is 0. The fraction of sp³-hybridized carbons (Fsp3) is 0.786. The summed E-state index contributed by atoms with van der Waals surface area (Å²) in [4.78, 5) is 0. The van der Waals surface area contributed by atoms with Crippen molar-refractivity contribution in [3.63, 3.8) is 0 Å². The fourth-order valence-electron chi connectivity index (χ4n) is 2.10. The molecule has 0 saturated carbocycles. The molecule has 0 aliphatic rings. The van der Waals surface area contributed by atoms with E-state index in [9.17, 15) is 0 Å². The highest BCUT2D eigenvalue weighted by Crippen LogP contribution is 2.02. The van der Waals surface area contributed by atoms with Crippen LogP contribution in [0.15, 0.2) is 6.07 Å². The third-order valence-electron chi connectivity index (χ3n) is 3.09. The van der Waals surface area contributed by atoms with Crippen molar-refractivity contribution < 1.29 is 5.11 Å². The lowest BCUT2D eigenvalue weighted by Crippen LogP contribution is -2.18. The normalized spacial score (nSPS) is 11.1. The monoisotopic (exact) mass is 253 g/mol. The molecule has 0 atom stereocenters. The third kappa shape index (κ3) is 6.17. The molecule has 0 fully saturated rings. The van der Waals surface area contributed by atoms with E-state index < -0.39 is 0 Å². The van der Waals surface area contributed by atoms with Gasteiger partial charge in [-0.15, -0.1) is 0 Å². The van der Waals surface area contributed by atoms with Gasteiger partial charge in [-0.05, 0) is 52.3 Å². The number of aryl methyl sites for hydroxylation is 3. The van der Waals surface area contributed by atoms with Gasteiger partial charge in [0.25, 0.3) is 0 Å². The Morgan fingerprint density at radius 1 is 1.11 bits per heavy atom. The molecule has 0 aliphatic carbocycles. The maximum atomic E-state index is 8.65. The molecule has 104 valence electrons. The number of hydrogen-bond acceptors (Lipinski definition) is 3. The van der Waals surface area contributed by atoms with Gasteiger partial charge in [0.2, 0.25) is 0 Å². The average molecular weight is 253 g/mol. The highest BCUT2D eigenvalue weighted by Gasteiger charge is 1.99. The van der Waals surface area contributed by atoms with Crippen molar-refractivity contribution in [1.82, 2.24) is 15.1 Å². The third-order valence-corrected chi connectivity index (χ3v) is 3.09. The molecule has 1 aromatic heterocycles. The maximum absolute atomic E-state index is 8.65. The van der Waals surface area contributed by atoms with Gasteiger partial charge in [0.1, 0.15) is 0 Å². The Bertz CT molecular complexity index is 323. The van der Waals surface area contributed by atoms with Gasteiger partial charge in [-0.3, -0.25) is 4.68 Å². The summed E-state index contributed by atoms with van der Waals surface area (Å²) < 4.78 is 2.08. The lowest BCUT2D eigenvalue weighted by atomic mass is 10.2. The summed E-state index contributed by atoms with van der Waals surface area (Å²) in [6.45, 7) is 7.61. The molecule has 1 aromatic rings. The van der Waals surface area contributed by atoms with E-state index in [0.717, 1.165) is 44.6 Å². The molecule has 2 N–H and O–H groups in total. The second kappa shape index (κ2) is 9.11. The van der Waals surface area contributed by atoms with Crippen LogP contribution >= 0.6 is 0 Å². The first kappa shape index (κ1) is 15.2. The number of hydrogen-bond donors (Lipinski definition) is 2. The molecule has 1 rings (SSSR count). The number of unbranched alkanes of at least 4 members (excludes halogenated alkanes) is 3. The van der Waals surface area contributed by atoms with E-state index >= 15 is 0 Å². The van der Waals surface area contributed by atoms with Gasteiger partial charge < -0.3 is 10.4 Å². The van der Waals surface area contributed by atoms with E-state index in [1.165, 1.54) is 18.5 Å². The molecule has 0 aromatic carbocycles. The van der Waals surface area contributed by atoms with Gasteiger partial charge in [-0.2, -0.15) is 5.10 Å². The minimum atomic E-state index is 0.329. The molecule has 0 aliphatic heterocycles. The topological polar surface area (TPSA) is 50.1 Å². The summed E-state index contributed by atoms with van der Waals surface area (Å²) in [6.07, 6.45) is 5.63. The summed E-state index contributed by atoms with van der Waals surface area (Å²) in [5.41, 5.74) is 2.35. The zero-order valence-corrected chi connectivity index (χ0v) is 11.8. The van der Waals surface area contributed by atoms with Gasteiger partial charge in [-0.1, -0.05) is 12.8 Å². The van der Waals surface area contributed by atoms with Crippen LogP contribution in [0.2, 0.25) is 0 Å². The Morgan fingerprint density at radius 2 is 1.83 bits per heavy atom. The van der Waals surface area contributed by atoms with Crippen LogP contribution in [-0.4, -0.2) is 34.6 Å². The first-order valence-corrected chi connectivity index (χ1v) is 7.06. The van der Waals surface area contributed by atoms with Crippen LogP contribution in [0.4, 0.5) is 0 Å². The molecule has 4 heteroatoms. The molecule has 0 radical (unpaired) electrons. The van der Waals surface area contributed by atoms with Crippen LogP contribution in [0.3, 0.4) is 0 Å². The maximum Gasteiger partial charge on any atom is 0.0596 e. The number of rotatable bonds is 10. The first-order chi connectivity index (χ1) is 8.74. The summed E-state index contributed by atoms with van der Waals surface area (Å²) in [7, 11) is 0. The van der Waals surface area contributed by atoms with Gasteiger partial charge in [0.05, 0.1) is 5.69 Å². The summed E-state index contributed by atoms with van der Waals surface area (Å²) >= 11 is 0. The van der Waals surface area contributed by atoms with E-state index in [0.29, 0.717) is 6.61 Å². The van der Waals surface area contributed by atoms with Crippen molar-refractivity contribution in [3.05, 3.63) is 17.5 Å². The van der Waals surface area contributed by atoms with Gasteiger partial charge >= 0.3 is 0 Å². The Balaban J connectivity index is 1.94. The molecular weight excluding hydrogens is 226 g/mol. The Hall–Kier alpha value is -0.870. The quantitative estimate of drug-likeness (QED) is 0.627. The van der Waals surface area contributed by atoms with Crippen molar-refractivity contribution in [2.24, 2.45) is 0 Å². The van der Waals surface area contributed by atoms with E-state index in [-0.39, 0.29) is 0 Å². The second-order valence-electron chi connectivity index (χ2n) is 4.89. The molecule has 0 unspecified atom stereocenters. The van der Waals surface area contributed by atoms with Crippen LogP contribution in [0, 0.1) is 13.8 Å². The second-order valence-corrected chi connectivity index (χ2v) is 4.89. The van der Waals surface area contributed by atoms with Gasteiger partial charge in [0.15, 0.2) is 0 Å². The molecule has 1 heterocycles. The highest BCUT2D eigenvalue weighted by atomic mass is 16.2. The number of aromatic nitrogens is 2. The smallest absolute Gasteiger partial charge is 0.0596 e. The van der Waals surface area contributed by atoms with Crippen molar-refractivity contribution in [3.8, 4) is 0 Å². The zero-order chi connectivity index (χ0) is 13.2. The number of aliphatic hydroxyl groups excluding tert-OH is 1. The van der Waals surface area contributed by atoms with E-state index in [1.807, 2.05) is 6.92 Å². The minimum absolute atomic E-state index is 0.329. The largest absolute Gasteiger partial charge is 0.396 e. The lowest BCUT2D eigenvalue weighted by molar-refractivity contribution is 0.282. The lowest BCUT2D eigenvalue weighted by Gasteiger charge is -2.06. The predicted molar refractivity (Wildman–Crippen MR) is 74.7 cm³/mol. The average Bonchev–Trinajstić information content (AvgIpc) is 2.66. The van der Waals surface area contributed by atoms with E-state index in [2.05, 4.69) is 28.1 Å². The van der Waals surface area contributed by atoms with Crippen LogP contribution in [0.1, 0.15) is 43.5 Å². The fourth-order valence-corrected chi connectivity index (χ4v) is 2.10. The summed E-state index contributed by atoms with van der Waals surface area (Å²) in [6, 6.07) is 2.12.